The van der Waals surface area contributed by atoms with Crippen molar-refractivity contribution in [2.75, 3.05) is 13.1 Å². The number of hydrogen-bond acceptors (Lipinski definition) is 2. The molecule has 1 atom stereocenters. The van der Waals surface area contributed by atoms with Crippen molar-refractivity contribution in [2.24, 2.45) is 5.41 Å². The highest BCUT2D eigenvalue weighted by molar-refractivity contribution is 9.10. The molecule has 96 valence electrons. The van der Waals surface area contributed by atoms with E-state index < -0.39 is 6.10 Å². The summed E-state index contributed by atoms with van der Waals surface area (Å²) in [5, 5.41) is 13.4. The molecular formula is C14H22BrNO. The van der Waals surface area contributed by atoms with Gasteiger partial charge < -0.3 is 10.4 Å². The smallest absolute Gasteiger partial charge is 0.0914 e. The highest BCUT2D eigenvalue weighted by atomic mass is 79.9. The first-order valence-electron chi connectivity index (χ1n) is 6.09. The van der Waals surface area contributed by atoms with Gasteiger partial charge in [-0.1, -0.05) is 48.8 Å². The molecule has 0 aliphatic rings. The number of aliphatic hydroxyl groups is 1. The Bertz CT molecular complexity index is 352. The summed E-state index contributed by atoms with van der Waals surface area (Å²) >= 11 is 3.41. The molecule has 0 aromatic heterocycles. The van der Waals surface area contributed by atoms with Gasteiger partial charge in [-0.15, -0.1) is 0 Å². The Balaban J connectivity index is 2.42. The lowest BCUT2D eigenvalue weighted by molar-refractivity contribution is 0.168. The molecule has 2 N–H and O–H groups in total. The van der Waals surface area contributed by atoms with Crippen molar-refractivity contribution >= 4 is 15.9 Å². The van der Waals surface area contributed by atoms with Crippen molar-refractivity contribution in [1.29, 1.82) is 0 Å². The topological polar surface area (TPSA) is 32.3 Å². The first kappa shape index (κ1) is 14.7. The van der Waals surface area contributed by atoms with Crippen molar-refractivity contribution in [3.63, 3.8) is 0 Å². The van der Waals surface area contributed by atoms with E-state index in [1.165, 1.54) is 0 Å². The molecule has 0 heterocycles. The third-order valence-electron chi connectivity index (χ3n) is 3.13. The molecule has 2 nitrogen and oxygen atoms in total. The fourth-order valence-electron chi connectivity index (χ4n) is 1.50. The second-order valence-corrected chi connectivity index (χ2v) is 6.14. The van der Waals surface area contributed by atoms with Crippen LogP contribution in [-0.4, -0.2) is 18.2 Å². The predicted octanol–water partition coefficient (Wildman–Crippen LogP) is 3.51. The van der Waals surface area contributed by atoms with Gasteiger partial charge in [0.15, 0.2) is 0 Å². The van der Waals surface area contributed by atoms with Gasteiger partial charge in [0, 0.05) is 17.6 Å². The van der Waals surface area contributed by atoms with Gasteiger partial charge in [-0.05, 0) is 29.5 Å². The summed E-state index contributed by atoms with van der Waals surface area (Å²) in [7, 11) is 0. The molecule has 0 fully saturated rings. The van der Waals surface area contributed by atoms with Gasteiger partial charge in [0.2, 0.25) is 0 Å². The summed E-state index contributed by atoms with van der Waals surface area (Å²) in [6, 6.07) is 7.81. The summed E-state index contributed by atoms with van der Waals surface area (Å²) < 4.78 is 1.00. The van der Waals surface area contributed by atoms with E-state index in [-0.39, 0.29) is 5.41 Å². The maximum Gasteiger partial charge on any atom is 0.0914 e. The van der Waals surface area contributed by atoms with Gasteiger partial charge in [-0.25, -0.2) is 0 Å². The van der Waals surface area contributed by atoms with Gasteiger partial charge in [-0.2, -0.15) is 0 Å². The molecule has 0 aliphatic carbocycles. The van der Waals surface area contributed by atoms with Crippen LogP contribution in [-0.2, 0) is 0 Å². The zero-order valence-electron chi connectivity index (χ0n) is 10.8. The molecule has 0 saturated heterocycles. The zero-order chi connectivity index (χ0) is 12.9. The maximum atomic E-state index is 10.0. The van der Waals surface area contributed by atoms with E-state index in [4.69, 9.17) is 0 Å². The van der Waals surface area contributed by atoms with Crippen molar-refractivity contribution < 1.29 is 5.11 Å². The second-order valence-electron chi connectivity index (χ2n) is 5.22. The fraction of sp³-hybridized carbons (Fsp3) is 0.571. The quantitative estimate of drug-likeness (QED) is 0.842. The van der Waals surface area contributed by atoms with Crippen LogP contribution < -0.4 is 5.32 Å². The van der Waals surface area contributed by atoms with Crippen LogP contribution in [0.2, 0.25) is 0 Å². The summed E-state index contributed by atoms with van der Waals surface area (Å²) in [5.41, 5.74) is 1.23. The highest BCUT2D eigenvalue weighted by Crippen LogP contribution is 2.20. The van der Waals surface area contributed by atoms with Crippen LogP contribution in [0.1, 0.15) is 38.9 Å². The van der Waals surface area contributed by atoms with Crippen molar-refractivity contribution in [2.45, 2.75) is 33.3 Å². The molecule has 1 aromatic carbocycles. The Morgan fingerprint density at radius 2 is 2.12 bits per heavy atom. The number of hydrogen-bond donors (Lipinski definition) is 2. The van der Waals surface area contributed by atoms with E-state index in [1.807, 2.05) is 24.3 Å². The number of aliphatic hydroxyl groups excluding tert-OH is 1. The molecule has 1 aromatic rings. The molecule has 17 heavy (non-hydrogen) atoms. The molecule has 0 bridgehead atoms. The Morgan fingerprint density at radius 1 is 1.41 bits per heavy atom. The summed E-state index contributed by atoms with van der Waals surface area (Å²) in [6.45, 7) is 8.16. The van der Waals surface area contributed by atoms with Gasteiger partial charge in [0.25, 0.3) is 0 Å². The van der Waals surface area contributed by atoms with E-state index in [1.54, 1.807) is 0 Å². The number of nitrogens with one attached hydrogen (secondary N) is 1. The molecule has 0 spiro atoms. The third-order valence-corrected chi connectivity index (χ3v) is 3.63. The minimum Gasteiger partial charge on any atom is -0.387 e. The largest absolute Gasteiger partial charge is 0.387 e. The van der Waals surface area contributed by atoms with Crippen LogP contribution in [0.3, 0.4) is 0 Å². The molecule has 1 unspecified atom stereocenters. The van der Waals surface area contributed by atoms with Crippen LogP contribution in [0.4, 0.5) is 0 Å². The average Bonchev–Trinajstić information content (AvgIpc) is 2.28. The maximum absolute atomic E-state index is 10.0. The number of benzene rings is 1. The minimum absolute atomic E-state index is 0.289. The molecule has 0 amide bonds. The van der Waals surface area contributed by atoms with Crippen LogP contribution in [0.5, 0.6) is 0 Å². The first-order valence-corrected chi connectivity index (χ1v) is 6.88. The highest BCUT2D eigenvalue weighted by Gasteiger charge is 2.15. The van der Waals surface area contributed by atoms with Gasteiger partial charge in [0.1, 0.15) is 0 Å². The van der Waals surface area contributed by atoms with Crippen LogP contribution in [0.25, 0.3) is 0 Å². The monoisotopic (exact) mass is 299 g/mol. The summed E-state index contributed by atoms with van der Waals surface area (Å²) in [4.78, 5) is 0. The van der Waals surface area contributed by atoms with Gasteiger partial charge in [0.05, 0.1) is 6.10 Å². The fourth-order valence-corrected chi connectivity index (χ4v) is 1.92. The van der Waals surface area contributed by atoms with Crippen molar-refractivity contribution in [1.82, 2.24) is 5.32 Å². The molecule has 3 heteroatoms. The van der Waals surface area contributed by atoms with E-state index in [0.29, 0.717) is 6.54 Å². The zero-order valence-corrected chi connectivity index (χ0v) is 12.4. The van der Waals surface area contributed by atoms with Crippen LogP contribution in [0, 0.1) is 5.41 Å². The third kappa shape index (κ3) is 5.19. The number of rotatable bonds is 6. The Kier molecular flexibility index (Phi) is 5.63. The molecule has 1 rings (SSSR count). The first-order chi connectivity index (χ1) is 7.94. The lowest BCUT2D eigenvalue weighted by Crippen LogP contribution is -2.31. The van der Waals surface area contributed by atoms with E-state index in [9.17, 15) is 5.11 Å². The predicted molar refractivity (Wildman–Crippen MR) is 76.0 cm³/mol. The standard InChI is InChI=1S/C14H22BrNO/c1-4-14(2,3)10-16-9-13(17)11-6-5-7-12(15)8-11/h5-8,13,16-17H,4,9-10H2,1-3H3. The average molecular weight is 300 g/mol. The van der Waals surface area contributed by atoms with Crippen molar-refractivity contribution in [3.8, 4) is 0 Å². The van der Waals surface area contributed by atoms with Gasteiger partial charge in [-0.3, -0.25) is 0 Å². The Morgan fingerprint density at radius 3 is 2.71 bits per heavy atom. The normalized spacial score (nSPS) is 13.7. The SMILES string of the molecule is CCC(C)(C)CNCC(O)c1cccc(Br)c1. The van der Waals surface area contributed by atoms with Crippen LogP contribution >= 0.6 is 15.9 Å². The minimum atomic E-state index is -0.444. The molecule has 0 saturated carbocycles. The lowest BCUT2D eigenvalue weighted by atomic mass is 9.90. The van der Waals surface area contributed by atoms with Crippen LogP contribution in [0.15, 0.2) is 28.7 Å². The molecule has 0 aliphatic heterocycles. The Hall–Kier alpha value is -0.380. The van der Waals surface area contributed by atoms with E-state index in [0.717, 1.165) is 23.0 Å². The summed E-state index contributed by atoms with van der Waals surface area (Å²) in [6.07, 6.45) is 0.688. The van der Waals surface area contributed by atoms with E-state index >= 15 is 0 Å². The van der Waals surface area contributed by atoms with Gasteiger partial charge >= 0.3 is 0 Å². The Labute approximate surface area is 113 Å². The van der Waals surface area contributed by atoms with Crippen molar-refractivity contribution in [3.05, 3.63) is 34.3 Å². The summed E-state index contributed by atoms with van der Waals surface area (Å²) in [5.74, 6) is 0. The number of halogens is 1. The lowest BCUT2D eigenvalue weighted by Gasteiger charge is -2.24. The molecular weight excluding hydrogens is 278 g/mol. The molecule has 0 radical (unpaired) electrons. The second kappa shape index (κ2) is 6.53. The van der Waals surface area contributed by atoms with E-state index in [2.05, 4.69) is 42.0 Å².